The van der Waals surface area contributed by atoms with Crippen LogP contribution in [0.4, 0.5) is 15.0 Å². The molecule has 1 aliphatic heterocycles. The number of benzene rings is 1. The molecule has 164 valence electrons. The van der Waals surface area contributed by atoms with Gasteiger partial charge >= 0.3 is 6.09 Å². The second-order valence-electron chi connectivity index (χ2n) is 8.60. The van der Waals surface area contributed by atoms with Crippen LogP contribution in [0.5, 0.6) is 0 Å². The molecule has 0 unspecified atom stereocenters. The number of anilines is 1. The van der Waals surface area contributed by atoms with E-state index in [1.807, 2.05) is 27.0 Å². The quantitative estimate of drug-likeness (QED) is 0.569. The molecule has 3 heterocycles. The minimum atomic E-state index is -0.558. The van der Waals surface area contributed by atoms with Crippen molar-refractivity contribution in [1.29, 1.82) is 0 Å². The number of H-pyrrole nitrogens is 1. The molecule has 2 N–H and O–H groups in total. The van der Waals surface area contributed by atoms with Crippen molar-refractivity contribution in [2.45, 2.75) is 45.8 Å². The molecule has 0 spiro atoms. The molecule has 0 radical (unpaired) electrons. The van der Waals surface area contributed by atoms with E-state index in [4.69, 9.17) is 16.3 Å². The highest BCUT2D eigenvalue weighted by Crippen LogP contribution is 2.27. The Labute approximate surface area is 185 Å². The predicted molar refractivity (Wildman–Crippen MR) is 118 cm³/mol. The van der Waals surface area contributed by atoms with E-state index in [1.165, 1.54) is 12.1 Å². The molecule has 9 heteroatoms. The molecule has 3 aromatic rings. The second-order valence-corrected chi connectivity index (χ2v) is 8.94. The molecule has 7 nitrogen and oxygen atoms in total. The van der Waals surface area contributed by atoms with Crippen molar-refractivity contribution < 1.29 is 13.9 Å². The van der Waals surface area contributed by atoms with Gasteiger partial charge in [-0.15, -0.1) is 0 Å². The molecule has 1 aromatic carbocycles. The van der Waals surface area contributed by atoms with E-state index in [1.54, 1.807) is 11.0 Å². The monoisotopic (exact) mass is 445 g/mol. The van der Waals surface area contributed by atoms with E-state index in [0.717, 1.165) is 27.7 Å². The van der Waals surface area contributed by atoms with Crippen molar-refractivity contribution in [2.75, 3.05) is 18.4 Å². The Morgan fingerprint density at radius 3 is 2.94 bits per heavy atom. The standard InChI is InChI=1S/C22H25ClFN5O2/c1-22(2,3)31-21(30)29-9-7-17-16(12-29)19(28-20(23)27-17)25-8-6-13-11-26-18-10-14(24)4-5-15(13)18/h4-5,10-11,26H,6-9,12H2,1-3H3,(H,25,27,28). The summed E-state index contributed by atoms with van der Waals surface area (Å²) in [6.45, 7) is 7.00. The first kappa shape index (κ1) is 21.4. The van der Waals surface area contributed by atoms with E-state index < -0.39 is 5.60 Å². The first-order chi connectivity index (χ1) is 14.7. The fourth-order valence-electron chi connectivity index (χ4n) is 3.69. The molecule has 1 amide bonds. The van der Waals surface area contributed by atoms with Crippen LogP contribution < -0.4 is 5.32 Å². The topological polar surface area (TPSA) is 83.1 Å². The maximum atomic E-state index is 13.4. The highest BCUT2D eigenvalue weighted by molar-refractivity contribution is 6.28. The second kappa shape index (κ2) is 8.34. The number of fused-ring (bicyclic) bond motifs is 2. The predicted octanol–water partition coefficient (Wildman–Crippen LogP) is 4.70. The summed E-state index contributed by atoms with van der Waals surface area (Å²) >= 11 is 6.13. The Bertz CT molecular complexity index is 1130. The zero-order valence-corrected chi connectivity index (χ0v) is 18.5. The number of hydrogen-bond donors (Lipinski definition) is 2. The lowest BCUT2D eigenvalue weighted by Crippen LogP contribution is -2.40. The number of rotatable bonds is 4. The van der Waals surface area contributed by atoms with Gasteiger partial charge in [-0.1, -0.05) is 0 Å². The van der Waals surface area contributed by atoms with Gasteiger partial charge in [0.15, 0.2) is 0 Å². The van der Waals surface area contributed by atoms with Crippen LogP contribution in [0.2, 0.25) is 5.28 Å². The van der Waals surface area contributed by atoms with Gasteiger partial charge in [-0.25, -0.2) is 19.2 Å². The van der Waals surface area contributed by atoms with Gasteiger partial charge in [0.1, 0.15) is 17.2 Å². The highest BCUT2D eigenvalue weighted by Gasteiger charge is 2.28. The van der Waals surface area contributed by atoms with Crippen molar-refractivity contribution in [1.82, 2.24) is 19.9 Å². The van der Waals surface area contributed by atoms with Gasteiger partial charge in [-0.2, -0.15) is 0 Å². The number of aromatic nitrogens is 3. The van der Waals surface area contributed by atoms with Crippen molar-refractivity contribution >= 4 is 34.4 Å². The lowest BCUT2D eigenvalue weighted by molar-refractivity contribution is 0.0223. The van der Waals surface area contributed by atoms with Crippen LogP contribution in [0, 0.1) is 5.82 Å². The number of halogens is 2. The van der Waals surface area contributed by atoms with Crippen LogP contribution in [0.1, 0.15) is 37.6 Å². The molecule has 0 aliphatic carbocycles. The first-order valence-electron chi connectivity index (χ1n) is 10.2. The fraction of sp³-hybridized carbons (Fsp3) is 0.409. The molecule has 0 saturated heterocycles. The number of hydrogen-bond acceptors (Lipinski definition) is 5. The number of carbonyl (C=O) groups is 1. The van der Waals surface area contributed by atoms with Crippen LogP contribution in [-0.4, -0.2) is 44.6 Å². The normalized spacial score (nSPS) is 13.9. The Morgan fingerprint density at radius 2 is 2.16 bits per heavy atom. The van der Waals surface area contributed by atoms with Crippen LogP contribution in [0.15, 0.2) is 24.4 Å². The molecule has 4 rings (SSSR count). The molecule has 0 saturated carbocycles. The Balaban J connectivity index is 1.48. The number of nitrogens with one attached hydrogen (secondary N) is 2. The van der Waals surface area contributed by atoms with E-state index in [-0.39, 0.29) is 17.2 Å². The molecule has 2 aromatic heterocycles. The summed E-state index contributed by atoms with van der Waals surface area (Å²) in [5.74, 6) is 0.352. The number of amides is 1. The maximum Gasteiger partial charge on any atom is 0.410 e. The average Bonchev–Trinajstić information content (AvgIpc) is 3.08. The smallest absolute Gasteiger partial charge is 0.410 e. The third-order valence-corrected chi connectivity index (χ3v) is 5.27. The van der Waals surface area contributed by atoms with E-state index >= 15 is 0 Å². The molecular formula is C22H25ClFN5O2. The Morgan fingerprint density at radius 1 is 1.35 bits per heavy atom. The van der Waals surface area contributed by atoms with Crippen molar-refractivity contribution in [2.24, 2.45) is 0 Å². The first-order valence-corrected chi connectivity index (χ1v) is 10.6. The largest absolute Gasteiger partial charge is 0.444 e. The molecule has 0 atom stereocenters. The van der Waals surface area contributed by atoms with Gasteiger partial charge in [0.25, 0.3) is 0 Å². The Hall–Kier alpha value is -2.87. The third kappa shape index (κ3) is 4.90. The summed E-state index contributed by atoms with van der Waals surface area (Å²) in [5.41, 5.74) is 2.97. The van der Waals surface area contributed by atoms with Gasteiger partial charge in [0, 0.05) is 42.2 Å². The van der Waals surface area contributed by atoms with E-state index in [9.17, 15) is 9.18 Å². The number of aromatic amines is 1. The summed E-state index contributed by atoms with van der Waals surface area (Å²) in [6, 6.07) is 4.72. The van der Waals surface area contributed by atoms with Gasteiger partial charge in [-0.3, -0.25) is 0 Å². The van der Waals surface area contributed by atoms with Gasteiger partial charge in [0.2, 0.25) is 5.28 Å². The highest BCUT2D eigenvalue weighted by atomic mass is 35.5. The lowest BCUT2D eigenvalue weighted by atomic mass is 10.1. The van der Waals surface area contributed by atoms with Crippen molar-refractivity contribution in [3.8, 4) is 0 Å². The lowest BCUT2D eigenvalue weighted by Gasteiger charge is -2.31. The summed E-state index contributed by atoms with van der Waals surface area (Å²) in [4.78, 5) is 26.0. The summed E-state index contributed by atoms with van der Waals surface area (Å²) < 4.78 is 18.9. The zero-order chi connectivity index (χ0) is 22.2. The molecular weight excluding hydrogens is 421 g/mol. The molecule has 0 fully saturated rings. The minimum Gasteiger partial charge on any atom is -0.444 e. The number of nitrogens with zero attached hydrogens (tertiary/aromatic N) is 3. The van der Waals surface area contributed by atoms with Gasteiger partial charge < -0.3 is 19.9 Å². The summed E-state index contributed by atoms with van der Waals surface area (Å²) in [6.07, 6.45) is 2.82. The SMILES string of the molecule is CC(C)(C)OC(=O)N1CCc2nc(Cl)nc(NCCc3c[nH]c4cc(F)ccc34)c2C1. The maximum absolute atomic E-state index is 13.4. The zero-order valence-electron chi connectivity index (χ0n) is 17.8. The van der Waals surface area contributed by atoms with Gasteiger partial charge in [-0.05, 0) is 62.6 Å². The van der Waals surface area contributed by atoms with E-state index in [2.05, 4.69) is 20.3 Å². The van der Waals surface area contributed by atoms with Crippen LogP contribution >= 0.6 is 11.6 Å². The van der Waals surface area contributed by atoms with Gasteiger partial charge in [0.05, 0.1) is 12.2 Å². The Kier molecular flexibility index (Phi) is 5.75. The van der Waals surface area contributed by atoms with Crippen molar-refractivity contribution in [3.05, 3.63) is 52.3 Å². The van der Waals surface area contributed by atoms with Crippen LogP contribution in [0.3, 0.4) is 0 Å². The van der Waals surface area contributed by atoms with Crippen molar-refractivity contribution in [3.63, 3.8) is 0 Å². The number of carbonyl (C=O) groups excluding carboxylic acids is 1. The van der Waals surface area contributed by atoms with E-state index in [0.29, 0.717) is 38.3 Å². The molecule has 0 bridgehead atoms. The molecule has 31 heavy (non-hydrogen) atoms. The van der Waals surface area contributed by atoms with Crippen LogP contribution in [0.25, 0.3) is 10.9 Å². The molecule has 1 aliphatic rings. The average molecular weight is 446 g/mol. The number of ether oxygens (including phenoxy) is 1. The summed E-state index contributed by atoms with van der Waals surface area (Å²) in [5, 5.41) is 4.50. The van der Waals surface area contributed by atoms with Crippen LogP contribution in [-0.2, 0) is 24.1 Å². The fourth-order valence-corrected chi connectivity index (χ4v) is 3.88. The minimum absolute atomic E-state index is 0.175. The third-order valence-electron chi connectivity index (χ3n) is 5.10. The summed E-state index contributed by atoms with van der Waals surface area (Å²) in [7, 11) is 0.